The highest BCUT2D eigenvalue weighted by atomic mass is 35.5. The number of halogens is 1. The molecular formula is C8H12ClN3O3S2. The summed E-state index contributed by atoms with van der Waals surface area (Å²) in [5.74, 6) is -0.182. The highest BCUT2D eigenvalue weighted by Crippen LogP contribution is 2.25. The maximum Gasteiger partial charge on any atom is 0.250 e. The first-order valence-corrected chi connectivity index (χ1v) is 7.33. The number of oxime groups is 1. The molecule has 1 aromatic rings. The van der Waals surface area contributed by atoms with Crippen LogP contribution in [0.4, 0.5) is 0 Å². The van der Waals surface area contributed by atoms with Crippen LogP contribution in [0.2, 0.25) is 4.34 Å². The van der Waals surface area contributed by atoms with Gasteiger partial charge in [-0.2, -0.15) is 4.72 Å². The van der Waals surface area contributed by atoms with Crippen LogP contribution in [0.15, 0.2) is 21.5 Å². The molecule has 6 nitrogen and oxygen atoms in total. The Morgan fingerprint density at radius 1 is 1.71 bits per heavy atom. The molecule has 0 amide bonds. The Morgan fingerprint density at radius 3 is 2.76 bits per heavy atom. The van der Waals surface area contributed by atoms with Crippen molar-refractivity contribution in [2.45, 2.75) is 23.6 Å². The molecule has 1 unspecified atom stereocenters. The molecule has 4 N–H and O–H groups in total. The van der Waals surface area contributed by atoms with E-state index < -0.39 is 16.1 Å². The Hall–Kier alpha value is -0.830. The number of hydrogen-bond donors (Lipinski definition) is 3. The zero-order chi connectivity index (χ0) is 13.1. The van der Waals surface area contributed by atoms with Gasteiger partial charge in [0, 0.05) is 0 Å². The average Bonchev–Trinajstić information content (AvgIpc) is 2.72. The third kappa shape index (κ3) is 3.56. The van der Waals surface area contributed by atoms with Gasteiger partial charge in [-0.25, -0.2) is 8.42 Å². The first-order chi connectivity index (χ1) is 7.90. The zero-order valence-corrected chi connectivity index (χ0v) is 11.3. The SMILES string of the molecule is CCC(NS(=O)(=O)c1ccc(Cl)s1)/C(N)=N/O. The fraction of sp³-hybridized carbons (Fsp3) is 0.375. The van der Waals surface area contributed by atoms with E-state index in [2.05, 4.69) is 9.88 Å². The third-order valence-electron chi connectivity index (χ3n) is 1.99. The molecule has 1 heterocycles. The Labute approximate surface area is 108 Å². The average molecular weight is 298 g/mol. The lowest BCUT2D eigenvalue weighted by Crippen LogP contribution is -2.43. The van der Waals surface area contributed by atoms with Crippen LogP contribution < -0.4 is 10.5 Å². The minimum atomic E-state index is -3.69. The van der Waals surface area contributed by atoms with Gasteiger partial charge < -0.3 is 10.9 Å². The molecule has 0 aliphatic carbocycles. The van der Waals surface area contributed by atoms with Gasteiger partial charge in [0.15, 0.2) is 5.84 Å². The van der Waals surface area contributed by atoms with Crippen LogP contribution in [0.25, 0.3) is 0 Å². The van der Waals surface area contributed by atoms with Crippen LogP contribution >= 0.6 is 22.9 Å². The van der Waals surface area contributed by atoms with E-state index in [1.165, 1.54) is 12.1 Å². The lowest BCUT2D eigenvalue weighted by Gasteiger charge is -2.14. The van der Waals surface area contributed by atoms with Gasteiger partial charge >= 0.3 is 0 Å². The van der Waals surface area contributed by atoms with Crippen LogP contribution in [-0.2, 0) is 10.0 Å². The lowest BCUT2D eigenvalue weighted by atomic mass is 10.2. The number of hydrogen-bond acceptors (Lipinski definition) is 5. The van der Waals surface area contributed by atoms with Crippen LogP contribution in [0.1, 0.15) is 13.3 Å². The molecule has 17 heavy (non-hydrogen) atoms. The highest BCUT2D eigenvalue weighted by molar-refractivity contribution is 7.91. The molecule has 0 bridgehead atoms. The molecule has 0 saturated heterocycles. The van der Waals surface area contributed by atoms with E-state index in [0.717, 1.165) is 11.3 Å². The smallest absolute Gasteiger partial charge is 0.250 e. The van der Waals surface area contributed by atoms with E-state index in [-0.39, 0.29) is 10.0 Å². The molecule has 0 fully saturated rings. The summed E-state index contributed by atoms with van der Waals surface area (Å²) >= 11 is 6.60. The van der Waals surface area contributed by atoms with E-state index in [1.54, 1.807) is 6.92 Å². The minimum Gasteiger partial charge on any atom is -0.409 e. The fourth-order valence-corrected chi connectivity index (χ4v) is 3.90. The van der Waals surface area contributed by atoms with E-state index in [9.17, 15) is 8.42 Å². The summed E-state index contributed by atoms with van der Waals surface area (Å²) in [6.07, 6.45) is 0.369. The second-order valence-corrected chi connectivity index (χ2v) is 6.82. The number of amidine groups is 1. The van der Waals surface area contributed by atoms with Gasteiger partial charge in [0.1, 0.15) is 4.21 Å². The highest BCUT2D eigenvalue weighted by Gasteiger charge is 2.23. The van der Waals surface area contributed by atoms with Crippen molar-refractivity contribution < 1.29 is 13.6 Å². The summed E-state index contributed by atoms with van der Waals surface area (Å²) in [5, 5.41) is 11.3. The molecule has 0 aliphatic rings. The summed E-state index contributed by atoms with van der Waals surface area (Å²) in [6.45, 7) is 1.71. The summed E-state index contributed by atoms with van der Waals surface area (Å²) < 4.78 is 26.6. The number of sulfonamides is 1. The third-order valence-corrected chi connectivity index (χ3v) is 5.19. The van der Waals surface area contributed by atoms with E-state index >= 15 is 0 Å². The largest absolute Gasteiger partial charge is 0.409 e. The second kappa shape index (κ2) is 5.67. The van der Waals surface area contributed by atoms with Crippen molar-refractivity contribution in [1.82, 2.24) is 4.72 Å². The Bertz CT molecular complexity index is 512. The predicted octanol–water partition coefficient (Wildman–Crippen LogP) is 1.20. The summed E-state index contributed by atoms with van der Waals surface area (Å²) in [4.78, 5) is 0. The lowest BCUT2D eigenvalue weighted by molar-refractivity contribution is 0.315. The maximum absolute atomic E-state index is 11.9. The van der Waals surface area contributed by atoms with Crippen molar-refractivity contribution >= 4 is 38.8 Å². The van der Waals surface area contributed by atoms with Crippen LogP contribution in [0.3, 0.4) is 0 Å². The Balaban J connectivity index is 2.93. The van der Waals surface area contributed by atoms with Gasteiger partial charge in [0.05, 0.1) is 10.4 Å². The monoisotopic (exact) mass is 297 g/mol. The second-order valence-electron chi connectivity index (χ2n) is 3.17. The summed E-state index contributed by atoms with van der Waals surface area (Å²) in [5.41, 5.74) is 5.37. The molecule has 9 heteroatoms. The van der Waals surface area contributed by atoms with Gasteiger partial charge in [-0.15, -0.1) is 11.3 Å². The van der Waals surface area contributed by atoms with Gasteiger partial charge in [0.2, 0.25) is 0 Å². The van der Waals surface area contributed by atoms with Gasteiger partial charge in [-0.1, -0.05) is 23.7 Å². The van der Waals surface area contributed by atoms with Crippen molar-refractivity contribution in [3.8, 4) is 0 Å². The molecule has 0 saturated carbocycles. The first kappa shape index (κ1) is 14.2. The van der Waals surface area contributed by atoms with Crippen LogP contribution in [0, 0.1) is 0 Å². The predicted molar refractivity (Wildman–Crippen MR) is 67.1 cm³/mol. The molecule has 1 atom stereocenters. The van der Waals surface area contributed by atoms with Crippen molar-refractivity contribution in [1.29, 1.82) is 0 Å². The number of nitrogens with two attached hydrogens (primary N) is 1. The number of thiophene rings is 1. The Morgan fingerprint density at radius 2 is 2.35 bits per heavy atom. The molecule has 1 aromatic heterocycles. The zero-order valence-electron chi connectivity index (χ0n) is 8.92. The minimum absolute atomic E-state index is 0.0895. The molecular weight excluding hydrogens is 286 g/mol. The van der Waals surface area contributed by atoms with Gasteiger partial charge in [0.25, 0.3) is 10.0 Å². The molecule has 0 aromatic carbocycles. The van der Waals surface area contributed by atoms with Crippen molar-refractivity contribution in [2.24, 2.45) is 10.9 Å². The normalized spacial score (nSPS) is 14.8. The summed E-state index contributed by atoms with van der Waals surface area (Å²) in [7, 11) is -3.69. The van der Waals surface area contributed by atoms with Crippen molar-refractivity contribution in [2.75, 3.05) is 0 Å². The van der Waals surface area contributed by atoms with Crippen LogP contribution in [0.5, 0.6) is 0 Å². The van der Waals surface area contributed by atoms with Crippen molar-refractivity contribution in [3.63, 3.8) is 0 Å². The fourth-order valence-electron chi connectivity index (χ4n) is 1.11. The molecule has 96 valence electrons. The molecule has 0 radical (unpaired) electrons. The first-order valence-electron chi connectivity index (χ1n) is 4.65. The molecule has 1 rings (SSSR count). The number of nitrogens with one attached hydrogen (secondary N) is 1. The van der Waals surface area contributed by atoms with Gasteiger partial charge in [-0.05, 0) is 18.6 Å². The molecule has 0 spiro atoms. The quantitative estimate of drug-likeness (QED) is 0.329. The Kier molecular flexibility index (Phi) is 4.75. The summed E-state index contributed by atoms with van der Waals surface area (Å²) in [6, 6.07) is 2.14. The topological polar surface area (TPSA) is 105 Å². The van der Waals surface area contributed by atoms with E-state index in [4.69, 9.17) is 22.5 Å². The van der Waals surface area contributed by atoms with Crippen molar-refractivity contribution in [3.05, 3.63) is 16.5 Å². The molecule has 0 aliphatic heterocycles. The maximum atomic E-state index is 11.9. The number of rotatable bonds is 5. The van der Waals surface area contributed by atoms with Gasteiger partial charge in [-0.3, -0.25) is 0 Å². The van der Waals surface area contributed by atoms with Crippen LogP contribution in [-0.4, -0.2) is 25.5 Å². The van der Waals surface area contributed by atoms with E-state index in [1.807, 2.05) is 0 Å². The standard InChI is InChI=1S/C8H12ClN3O3S2/c1-2-5(8(10)11-13)12-17(14,15)7-4-3-6(9)16-7/h3-5,12-13H,2H2,1H3,(H2,10,11). The van der Waals surface area contributed by atoms with E-state index in [0.29, 0.717) is 10.8 Å². The number of nitrogens with zero attached hydrogens (tertiary/aromatic N) is 1.